The highest BCUT2D eigenvalue weighted by Gasteiger charge is 2.33. The van der Waals surface area contributed by atoms with Crippen LogP contribution in [0, 0.1) is 0 Å². The van der Waals surface area contributed by atoms with Gasteiger partial charge in [-0.3, -0.25) is 0 Å². The quantitative estimate of drug-likeness (QED) is 0.370. The van der Waals surface area contributed by atoms with Crippen molar-refractivity contribution in [2.24, 2.45) is 10.9 Å². The van der Waals surface area contributed by atoms with Crippen LogP contribution in [0.3, 0.4) is 0 Å². The summed E-state index contributed by atoms with van der Waals surface area (Å²) in [6, 6.07) is 1.95. The Balaban J connectivity index is 3.22. The van der Waals surface area contributed by atoms with Gasteiger partial charge in [0.15, 0.2) is 5.84 Å². The Morgan fingerprint density at radius 1 is 1.29 bits per heavy atom. The summed E-state index contributed by atoms with van der Waals surface area (Å²) in [6.07, 6.45) is -4.55. The summed E-state index contributed by atoms with van der Waals surface area (Å²) in [5.74, 6) is -0.273. The lowest BCUT2D eigenvalue weighted by atomic mass is 10.2. The first kappa shape index (κ1) is 17.0. The van der Waals surface area contributed by atoms with Crippen LogP contribution < -0.4 is 10.6 Å². The Morgan fingerprint density at radius 2 is 1.90 bits per heavy atom. The summed E-state index contributed by atoms with van der Waals surface area (Å²) in [4.78, 5) is 7.01. The average Bonchev–Trinajstić information content (AvgIpc) is 2.42. The lowest BCUT2D eigenvalue weighted by molar-refractivity contribution is -0.141. The predicted octanol–water partition coefficient (Wildman–Crippen LogP) is 1.19. The maximum absolute atomic E-state index is 12.8. The van der Waals surface area contributed by atoms with E-state index < -0.39 is 11.9 Å². The van der Waals surface area contributed by atoms with E-state index in [1.807, 2.05) is 19.0 Å². The summed E-state index contributed by atoms with van der Waals surface area (Å²) in [6.45, 7) is 1.05. The van der Waals surface area contributed by atoms with Crippen LogP contribution in [-0.2, 0) is 6.18 Å². The monoisotopic (exact) mass is 305 g/mol. The number of pyridine rings is 1. The summed E-state index contributed by atoms with van der Waals surface area (Å²) in [5.41, 5.74) is 4.61. The minimum atomic E-state index is -4.55. The van der Waals surface area contributed by atoms with E-state index in [0.717, 1.165) is 12.1 Å². The second kappa shape index (κ2) is 6.61. The van der Waals surface area contributed by atoms with E-state index in [4.69, 9.17) is 10.9 Å². The van der Waals surface area contributed by atoms with Gasteiger partial charge in [-0.05, 0) is 26.2 Å². The van der Waals surface area contributed by atoms with E-state index in [9.17, 15) is 13.2 Å². The Labute approximate surface area is 120 Å². The highest BCUT2D eigenvalue weighted by Crippen LogP contribution is 2.30. The normalized spacial score (nSPS) is 12.8. The molecule has 9 heteroatoms. The molecule has 0 saturated carbocycles. The van der Waals surface area contributed by atoms with E-state index in [1.165, 1.54) is 4.90 Å². The van der Waals surface area contributed by atoms with Crippen LogP contribution in [0.15, 0.2) is 17.3 Å². The van der Waals surface area contributed by atoms with E-state index in [0.29, 0.717) is 13.1 Å². The molecule has 1 aromatic rings. The molecule has 0 bridgehead atoms. The summed E-state index contributed by atoms with van der Waals surface area (Å²) < 4.78 is 38.3. The fourth-order valence-electron chi connectivity index (χ4n) is 1.61. The SMILES string of the molecule is CN(C)CCN(C)c1nc(C(F)(F)F)ccc1C(N)=NO. The molecule has 0 radical (unpaired) electrons. The largest absolute Gasteiger partial charge is 0.433 e. The lowest BCUT2D eigenvalue weighted by Gasteiger charge is -2.23. The van der Waals surface area contributed by atoms with Crippen molar-refractivity contribution in [3.63, 3.8) is 0 Å². The molecule has 118 valence electrons. The van der Waals surface area contributed by atoms with Crippen LogP contribution >= 0.6 is 0 Å². The van der Waals surface area contributed by atoms with Crippen LogP contribution in [0.5, 0.6) is 0 Å². The fraction of sp³-hybridized carbons (Fsp3) is 0.500. The molecule has 0 atom stereocenters. The number of alkyl halides is 3. The van der Waals surface area contributed by atoms with Crippen molar-refractivity contribution in [1.29, 1.82) is 0 Å². The Bertz CT molecular complexity index is 516. The van der Waals surface area contributed by atoms with Gasteiger partial charge in [0.05, 0.1) is 5.56 Å². The number of hydrogen-bond donors (Lipinski definition) is 2. The summed E-state index contributed by atoms with van der Waals surface area (Å²) >= 11 is 0. The maximum atomic E-state index is 12.8. The molecule has 21 heavy (non-hydrogen) atoms. The third kappa shape index (κ3) is 4.48. The molecular formula is C12H18F3N5O. The van der Waals surface area contributed by atoms with E-state index in [1.54, 1.807) is 7.05 Å². The van der Waals surface area contributed by atoms with Gasteiger partial charge in [-0.25, -0.2) is 4.98 Å². The lowest BCUT2D eigenvalue weighted by Crippen LogP contribution is -2.31. The molecule has 1 rings (SSSR count). The minimum absolute atomic E-state index is 0.0157. The smallest absolute Gasteiger partial charge is 0.409 e. The van der Waals surface area contributed by atoms with Crippen molar-refractivity contribution in [3.8, 4) is 0 Å². The van der Waals surface area contributed by atoms with Gasteiger partial charge in [0.25, 0.3) is 0 Å². The Kier molecular flexibility index (Phi) is 5.36. The summed E-state index contributed by atoms with van der Waals surface area (Å²) in [5, 5.41) is 11.6. The average molecular weight is 305 g/mol. The maximum Gasteiger partial charge on any atom is 0.433 e. The molecule has 0 aliphatic rings. The van der Waals surface area contributed by atoms with Crippen LogP contribution in [0.2, 0.25) is 0 Å². The van der Waals surface area contributed by atoms with Crippen molar-refractivity contribution in [2.45, 2.75) is 6.18 Å². The molecule has 0 aliphatic heterocycles. The van der Waals surface area contributed by atoms with Gasteiger partial charge in [0.2, 0.25) is 0 Å². The standard InChI is InChI=1S/C12H18F3N5O/c1-19(2)6-7-20(3)11-8(10(16)18-21)4-5-9(17-11)12(13,14)15/h4-5,21H,6-7H2,1-3H3,(H2,16,18). The van der Waals surface area contributed by atoms with Crippen LogP contribution in [0.4, 0.5) is 19.0 Å². The Hall–Kier alpha value is -2.03. The third-order valence-corrected chi connectivity index (χ3v) is 2.79. The second-order valence-electron chi connectivity index (χ2n) is 4.78. The molecule has 0 saturated heterocycles. The minimum Gasteiger partial charge on any atom is -0.409 e. The van der Waals surface area contributed by atoms with Gasteiger partial charge < -0.3 is 20.7 Å². The Morgan fingerprint density at radius 3 is 2.38 bits per heavy atom. The summed E-state index contributed by atoms with van der Waals surface area (Å²) in [7, 11) is 5.29. The van der Waals surface area contributed by atoms with Crippen LogP contribution in [0.1, 0.15) is 11.3 Å². The van der Waals surface area contributed by atoms with Gasteiger partial charge in [-0.1, -0.05) is 5.16 Å². The van der Waals surface area contributed by atoms with Gasteiger partial charge >= 0.3 is 6.18 Å². The molecule has 0 spiro atoms. The van der Waals surface area contributed by atoms with Crippen LogP contribution in [0.25, 0.3) is 0 Å². The van der Waals surface area contributed by atoms with Crippen molar-refractivity contribution < 1.29 is 18.4 Å². The number of aromatic nitrogens is 1. The fourth-order valence-corrected chi connectivity index (χ4v) is 1.61. The molecule has 6 nitrogen and oxygen atoms in total. The van der Waals surface area contributed by atoms with E-state index in [-0.39, 0.29) is 17.2 Å². The number of halogens is 3. The number of hydrogen-bond acceptors (Lipinski definition) is 5. The number of oxime groups is 1. The zero-order chi connectivity index (χ0) is 16.2. The van der Waals surface area contributed by atoms with Crippen molar-refractivity contribution in [2.75, 3.05) is 39.1 Å². The molecule has 0 aromatic carbocycles. The van der Waals surface area contributed by atoms with Gasteiger partial charge in [-0.15, -0.1) is 0 Å². The number of amidine groups is 1. The molecule has 0 fully saturated rings. The first-order valence-corrected chi connectivity index (χ1v) is 6.08. The first-order chi connectivity index (χ1) is 9.66. The predicted molar refractivity (Wildman–Crippen MR) is 73.6 cm³/mol. The number of likely N-dealkylation sites (N-methyl/N-ethyl adjacent to an activating group) is 2. The molecule has 1 heterocycles. The van der Waals surface area contributed by atoms with Crippen molar-refractivity contribution in [3.05, 3.63) is 23.4 Å². The highest BCUT2D eigenvalue weighted by atomic mass is 19.4. The van der Waals surface area contributed by atoms with Crippen molar-refractivity contribution >= 4 is 11.7 Å². The van der Waals surface area contributed by atoms with Gasteiger partial charge in [0, 0.05) is 20.1 Å². The molecule has 1 aromatic heterocycles. The van der Waals surface area contributed by atoms with Gasteiger partial charge in [0.1, 0.15) is 11.5 Å². The number of rotatable bonds is 5. The zero-order valence-electron chi connectivity index (χ0n) is 12.0. The van der Waals surface area contributed by atoms with Crippen LogP contribution in [-0.4, -0.2) is 55.2 Å². The second-order valence-corrected chi connectivity index (χ2v) is 4.78. The van der Waals surface area contributed by atoms with E-state index in [2.05, 4.69) is 10.1 Å². The molecule has 3 N–H and O–H groups in total. The zero-order valence-corrected chi connectivity index (χ0v) is 12.0. The first-order valence-electron chi connectivity index (χ1n) is 6.08. The number of nitrogens with two attached hydrogens (primary N) is 1. The number of nitrogens with zero attached hydrogens (tertiary/aromatic N) is 4. The van der Waals surface area contributed by atoms with Crippen molar-refractivity contribution in [1.82, 2.24) is 9.88 Å². The molecular weight excluding hydrogens is 287 g/mol. The van der Waals surface area contributed by atoms with Gasteiger partial charge in [-0.2, -0.15) is 13.2 Å². The highest BCUT2D eigenvalue weighted by molar-refractivity contribution is 6.01. The topological polar surface area (TPSA) is 78.0 Å². The molecule has 0 unspecified atom stereocenters. The van der Waals surface area contributed by atoms with E-state index >= 15 is 0 Å². The number of anilines is 1. The molecule has 0 aliphatic carbocycles. The molecule has 0 amide bonds. The third-order valence-electron chi connectivity index (χ3n) is 2.79.